The van der Waals surface area contributed by atoms with Gasteiger partial charge in [-0.15, -0.1) is 4.78 Å². The van der Waals surface area contributed by atoms with Crippen molar-refractivity contribution >= 4 is 43.4 Å². The van der Waals surface area contributed by atoms with E-state index in [4.69, 9.17) is 32.5 Å². The van der Waals surface area contributed by atoms with Crippen LogP contribution in [0.5, 0.6) is 0 Å². The average molecular weight is 397 g/mol. The zero-order chi connectivity index (χ0) is 18.1. The van der Waals surface area contributed by atoms with E-state index in [2.05, 4.69) is 0 Å². The third kappa shape index (κ3) is 6.32. The Bertz CT molecular complexity index is 574. The van der Waals surface area contributed by atoms with E-state index in [-0.39, 0.29) is 13.2 Å². The first kappa shape index (κ1) is 20.8. The number of carbonyl (C=O) groups is 2. The lowest BCUT2D eigenvalue weighted by molar-refractivity contribution is -0.136. The molecule has 1 atom stereocenters. The van der Waals surface area contributed by atoms with Crippen LogP contribution in [0.25, 0.3) is 0 Å². The highest BCUT2D eigenvalue weighted by Gasteiger charge is 2.32. The van der Waals surface area contributed by atoms with Gasteiger partial charge >= 0.3 is 14.3 Å². The first-order valence-corrected chi connectivity index (χ1v) is 9.25. The molecule has 134 valence electrons. The molecule has 2 amide bonds. The van der Waals surface area contributed by atoms with E-state index in [0.717, 1.165) is 10.6 Å². The van der Waals surface area contributed by atoms with Gasteiger partial charge in [0, 0.05) is 7.05 Å². The predicted octanol–water partition coefficient (Wildman–Crippen LogP) is 3.62. The SMILES string of the molecule is CCCO[PH](=O)N(C(=O)OCc1ccccc1)N(C)C(=O)C(Cl)Cl. The average Bonchev–Trinajstić information content (AvgIpc) is 2.58. The minimum Gasteiger partial charge on any atom is -0.443 e. The molecule has 0 heterocycles. The number of hydrazine groups is 1. The van der Waals surface area contributed by atoms with Crippen molar-refractivity contribution in [3.63, 3.8) is 0 Å². The van der Waals surface area contributed by atoms with Crippen LogP contribution in [0.3, 0.4) is 0 Å². The standard InChI is InChI=1S/C14H19Cl2N2O5P/c1-3-9-23-24(21)18(17(2)13(19)12(15)16)14(20)22-10-11-7-5-4-6-8-11/h4-8,12,24H,3,9-10H2,1-2H3. The first-order valence-electron chi connectivity index (χ1n) is 7.11. The summed E-state index contributed by atoms with van der Waals surface area (Å²) >= 11 is 11.0. The maximum absolute atomic E-state index is 12.3. The van der Waals surface area contributed by atoms with E-state index in [9.17, 15) is 14.2 Å². The number of rotatable bonds is 7. The highest BCUT2D eigenvalue weighted by atomic mass is 35.5. The number of amides is 2. The number of nitrogens with zero attached hydrogens (tertiary/aromatic N) is 2. The molecule has 1 aromatic carbocycles. The summed E-state index contributed by atoms with van der Waals surface area (Å²) in [5, 5.41) is 0.745. The fourth-order valence-corrected chi connectivity index (χ4v) is 2.93. The second kappa shape index (κ2) is 10.6. The molecule has 0 aliphatic rings. The normalized spacial score (nSPS) is 11.9. The van der Waals surface area contributed by atoms with Gasteiger partial charge in [-0.2, -0.15) is 0 Å². The van der Waals surface area contributed by atoms with Gasteiger partial charge in [-0.25, -0.2) is 9.80 Å². The summed E-state index contributed by atoms with van der Waals surface area (Å²) in [7, 11) is -1.86. The van der Waals surface area contributed by atoms with Gasteiger partial charge < -0.3 is 9.26 Å². The third-order valence-corrected chi connectivity index (χ3v) is 4.44. The summed E-state index contributed by atoms with van der Waals surface area (Å²) < 4.78 is 23.0. The van der Waals surface area contributed by atoms with Gasteiger partial charge in [0.15, 0.2) is 4.84 Å². The van der Waals surface area contributed by atoms with Crippen LogP contribution < -0.4 is 0 Å². The molecule has 7 nitrogen and oxygen atoms in total. The minimum atomic E-state index is -3.07. The summed E-state index contributed by atoms with van der Waals surface area (Å²) in [6.45, 7) is 1.93. The molecule has 0 spiro atoms. The van der Waals surface area contributed by atoms with Gasteiger partial charge in [-0.05, 0) is 12.0 Å². The zero-order valence-electron chi connectivity index (χ0n) is 13.3. The number of benzene rings is 1. The van der Waals surface area contributed by atoms with Crippen molar-refractivity contribution in [2.24, 2.45) is 0 Å². The molecule has 0 saturated heterocycles. The highest BCUT2D eigenvalue weighted by Crippen LogP contribution is 2.32. The van der Waals surface area contributed by atoms with Gasteiger partial charge in [0.25, 0.3) is 5.91 Å². The van der Waals surface area contributed by atoms with Crippen molar-refractivity contribution in [3.05, 3.63) is 35.9 Å². The lowest BCUT2D eigenvalue weighted by atomic mass is 10.2. The Kier molecular flexibility index (Phi) is 9.14. The number of halogens is 2. The van der Waals surface area contributed by atoms with Crippen molar-refractivity contribution < 1.29 is 23.4 Å². The van der Waals surface area contributed by atoms with E-state index in [1.54, 1.807) is 24.3 Å². The van der Waals surface area contributed by atoms with Crippen LogP contribution in [0.4, 0.5) is 4.79 Å². The topological polar surface area (TPSA) is 76.2 Å². The molecule has 0 aromatic heterocycles. The molecule has 0 bridgehead atoms. The maximum Gasteiger partial charge on any atom is 0.436 e. The zero-order valence-corrected chi connectivity index (χ0v) is 15.8. The molecule has 0 aliphatic heterocycles. The molecule has 0 radical (unpaired) electrons. The maximum atomic E-state index is 12.3. The predicted molar refractivity (Wildman–Crippen MR) is 92.0 cm³/mol. The van der Waals surface area contributed by atoms with Crippen LogP contribution in [0.2, 0.25) is 0 Å². The highest BCUT2D eigenvalue weighted by molar-refractivity contribution is 7.37. The van der Waals surface area contributed by atoms with E-state index in [1.807, 2.05) is 13.0 Å². The van der Waals surface area contributed by atoms with Crippen molar-refractivity contribution in [2.45, 2.75) is 24.8 Å². The number of ether oxygens (including phenoxy) is 1. The summed E-state index contributed by atoms with van der Waals surface area (Å²) in [5.74, 6) is -0.826. The Hall–Kier alpha value is -1.27. The molecule has 0 fully saturated rings. The van der Waals surface area contributed by atoms with E-state index in [0.29, 0.717) is 11.2 Å². The van der Waals surface area contributed by atoms with Crippen LogP contribution in [0.1, 0.15) is 18.9 Å². The molecular weight excluding hydrogens is 378 g/mol. The van der Waals surface area contributed by atoms with Crippen LogP contribution in [0, 0.1) is 0 Å². The summed E-state index contributed by atoms with van der Waals surface area (Å²) in [6, 6.07) is 8.92. The quantitative estimate of drug-likeness (QED) is 0.399. The van der Waals surface area contributed by atoms with Crippen LogP contribution in [-0.2, 0) is 25.2 Å². The molecule has 0 saturated carbocycles. The van der Waals surface area contributed by atoms with Crippen molar-refractivity contribution in [1.82, 2.24) is 9.79 Å². The van der Waals surface area contributed by atoms with Crippen molar-refractivity contribution in [1.29, 1.82) is 0 Å². The number of carbonyl (C=O) groups excluding carboxylic acids is 2. The molecule has 0 aliphatic carbocycles. The molecule has 0 N–H and O–H groups in total. The molecule has 1 rings (SSSR count). The van der Waals surface area contributed by atoms with Crippen LogP contribution in [0.15, 0.2) is 30.3 Å². The summed E-state index contributed by atoms with van der Waals surface area (Å²) in [5.41, 5.74) is 0.737. The lowest BCUT2D eigenvalue weighted by Gasteiger charge is -2.29. The first-order chi connectivity index (χ1) is 11.4. The fraction of sp³-hybridized carbons (Fsp3) is 0.429. The van der Waals surface area contributed by atoms with Crippen LogP contribution in [-0.4, -0.2) is 40.3 Å². The summed E-state index contributed by atoms with van der Waals surface area (Å²) in [6.07, 6.45) is -0.405. The Morgan fingerprint density at radius 3 is 2.42 bits per heavy atom. The molecule has 24 heavy (non-hydrogen) atoms. The third-order valence-electron chi connectivity index (χ3n) is 2.79. The Labute approximate surface area is 151 Å². The Morgan fingerprint density at radius 1 is 1.25 bits per heavy atom. The van der Waals surface area contributed by atoms with Gasteiger partial charge in [-0.1, -0.05) is 60.5 Å². The molecule has 1 aromatic rings. The second-order valence-electron chi connectivity index (χ2n) is 4.63. The van der Waals surface area contributed by atoms with Crippen LogP contribution >= 0.6 is 31.4 Å². The molecular formula is C14H19Cl2N2O5P. The van der Waals surface area contributed by atoms with E-state index < -0.39 is 25.0 Å². The van der Waals surface area contributed by atoms with E-state index >= 15 is 0 Å². The second-order valence-corrected chi connectivity index (χ2v) is 6.97. The monoisotopic (exact) mass is 396 g/mol. The van der Waals surface area contributed by atoms with Gasteiger partial charge in [-0.3, -0.25) is 9.36 Å². The smallest absolute Gasteiger partial charge is 0.436 e. The largest absolute Gasteiger partial charge is 0.443 e. The van der Waals surface area contributed by atoms with Crippen molar-refractivity contribution in [2.75, 3.05) is 13.7 Å². The lowest BCUT2D eigenvalue weighted by Crippen LogP contribution is -2.45. The van der Waals surface area contributed by atoms with E-state index in [1.165, 1.54) is 7.05 Å². The van der Waals surface area contributed by atoms with Gasteiger partial charge in [0.05, 0.1) is 6.61 Å². The summed E-state index contributed by atoms with van der Waals surface area (Å²) in [4.78, 5) is 22.7. The van der Waals surface area contributed by atoms with Gasteiger partial charge in [0.1, 0.15) is 6.61 Å². The van der Waals surface area contributed by atoms with Crippen molar-refractivity contribution in [3.8, 4) is 0 Å². The number of hydrogen-bond acceptors (Lipinski definition) is 5. The van der Waals surface area contributed by atoms with Gasteiger partial charge in [0.2, 0.25) is 0 Å². The number of alkyl halides is 2. The number of hydrogen-bond donors (Lipinski definition) is 0. The Morgan fingerprint density at radius 2 is 1.88 bits per heavy atom. The fourth-order valence-electron chi connectivity index (χ4n) is 1.59. The molecule has 1 unspecified atom stereocenters. The minimum absolute atomic E-state index is 0.0493. The molecule has 10 heteroatoms. The Balaban J connectivity index is 2.84.